The molecule has 0 aliphatic carbocycles. The van der Waals surface area contributed by atoms with E-state index in [2.05, 4.69) is 23.7 Å². The Morgan fingerprint density at radius 1 is 1.39 bits per heavy atom. The lowest BCUT2D eigenvalue weighted by Gasteiger charge is -2.17. The van der Waals surface area contributed by atoms with Gasteiger partial charge in [0.05, 0.1) is 0 Å². The van der Waals surface area contributed by atoms with E-state index in [-0.39, 0.29) is 11.9 Å². The molecule has 2 aromatic rings. The van der Waals surface area contributed by atoms with Crippen LogP contribution in [0, 0.1) is 12.7 Å². The molecule has 0 saturated carbocycles. The molecule has 0 amide bonds. The molecule has 0 radical (unpaired) electrons. The number of hydrogen-bond acceptors (Lipinski definition) is 2. The van der Waals surface area contributed by atoms with Gasteiger partial charge in [0.15, 0.2) is 0 Å². The van der Waals surface area contributed by atoms with Crippen LogP contribution in [0.2, 0.25) is 5.02 Å². The first-order valence-electron chi connectivity index (χ1n) is 5.77. The molecule has 0 aliphatic rings. The summed E-state index contributed by atoms with van der Waals surface area (Å²) in [7, 11) is 1.93. The van der Waals surface area contributed by atoms with Crippen LogP contribution in [-0.4, -0.2) is 7.05 Å². The van der Waals surface area contributed by atoms with Crippen molar-refractivity contribution in [3.63, 3.8) is 0 Å². The van der Waals surface area contributed by atoms with E-state index in [0.29, 0.717) is 5.02 Å². The first-order valence-corrected chi connectivity index (χ1v) is 7.02. The third-order valence-corrected chi connectivity index (χ3v) is 4.28. The standard InChI is InChI=1S/C14H15ClFNS/c1-9-12(5-6-18-9)14(17-2)7-10-3-4-11(16)8-13(10)15/h3-6,8,14,17H,7H2,1-2H3. The van der Waals surface area contributed by atoms with E-state index in [1.54, 1.807) is 17.4 Å². The molecule has 4 heteroatoms. The normalized spacial score (nSPS) is 12.7. The molecule has 18 heavy (non-hydrogen) atoms. The second-order valence-electron chi connectivity index (χ2n) is 4.21. The average molecular weight is 284 g/mol. The zero-order valence-corrected chi connectivity index (χ0v) is 11.9. The predicted octanol–water partition coefficient (Wildman–Crippen LogP) is 4.35. The van der Waals surface area contributed by atoms with Crippen LogP contribution in [0.25, 0.3) is 0 Å². The Labute approximate surface area is 116 Å². The Hall–Kier alpha value is -0.900. The van der Waals surface area contributed by atoms with Crippen LogP contribution in [0.1, 0.15) is 22.0 Å². The molecular weight excluding hydrogens is 269 g/mol. The molecule has 96 valence electrons. The van der Waals surface area contributed by atoms with Crippen molar-refractivity contribution in [3.05, 3.63) is 56.5 Å². The van der Waals surface area contributed by atoms with Crippen molar-refractivity contribution in [1.29, 1.82) is 0 Å². The summed E-state index contributed by atoms with van der Waals surface area (Å²) in [5.41, 5.74) is 2.24. The SMILES string of the molecule is CNC(Cc1ccc(F)cc1Cl)c1ccsc1C. The fourth-order valence-electron chi connectivity index (χ4n) is 2.03. The summed E-state index contributed by atoms with van der Waals surface area (Å²) in [6.45, 7) is 2.11. The number of nitrogens with one attached hydrogen (secondary N) is 1. The minimum atomic E-state index is -0.295. The van der Waals surface area contributed by atoms with Crippen molar-refractivity contribution in [1.82, 2.24) is 5.32 Å². The Morgan fingerprint density at radius 3 is 2.72 bits per heavy atom. The summed E-state index contributed by atoms with van der Waals surface area (Å²) in [6, 6.07) is 6.90. The van der Waals surface area contributed by atoms with Gasteiger partial charge in [-0.3, -0.25) is 0 Å². The van der Waals surface area contributed by atoms with Gasteiger partial charge in [-0.05, 0) is 55.1 Å². The molecular formula is C14H15ClFNS. The number of hydrogen-bond donors (Lipinski definition) is 1. The number of aryl methyl sites for hydroxylation is 1. The second kappa shape index (κ2) is 5.83. The Balaban J connectivity index is 2.23. The quantitative estimate of drug-likeness (QED) is 0.879. The third-order valence-electron chi connectivity index (χ3n) is 3.06. The lowest BCUT2D eigenvalue weighted by Crippen LogP contribution is -2.19. The van der Waals surface area contributed by atoms with Crippen LogP contribution in [0.15, 0.2) is 29.6 Å². The Kier molecular flexibility index (Phi) is 4.38. The van der Waals surface area contributed by atoms with E-state index < -0.39 is 0 Å². The fourth-order valence-corrected chi connectivity index (χ4v) is 3.04. The predicted molar refractivity (Wildman–Crippen MR) is 76.0 cm³/mol. The molecule has 1 unspecified atom stereocenters. The molecule has 1 aromatic carbocycles. The first-order chi connectivity index (χ1) is 8.61. The first kappa shape index (κ1) is 13.5. The summed E-state index contributed by atoms with van der Waals surface area (Å²) in [5.74, 6) is -0.295. The molecule has 0 bridgehead atoms. The summed E-state index contributed by atoms with van der Waals surface area (Å²) in [4.78, 5) is 1.30. The highest BCUT2D eigenvalue weighted by Crippen LogP contribution is 2.28. The maximum absolute atomic E-state index is 13.0. The zero-order valence-electron chi connectivity index (χ0n) is 10.3. The fraction of sp³-hybridized carbons (Fsp3) is 0.286. The summed E-state index contributed by atoms with van der Waals surface area (Å²) < 4.78 is 13.0. The topological polar surface area (TPSA) is 12.0 Å². The van der Waals surface area contributed by atoms with Gasteiger partial charge in [-0.1, -0.05) is 17.7 Å². The molecule has 0 aliphatic heterocycles. The van der Waals surface area contributed by atoms with Gasteiger partial charge >= 0.3 is 0 Å². The summed E-state index contributed by atoms with van der Waals surface area (Å²) in [5, 5.41) is 5.86. The van der Waals surface area contributed by atoms with Crippen molar-refractivity contribution in [2.45, 2.75) is 19.4 Å². The van der Waals surface area contributed by atoms with Crippen LogP contribution >= 0.6 is 22.9 Å². The van der Waals surface area contributed by atoms with E-state index in [1.807, 2.05) is 7.05 Å². The average Bonchev–Trinajstić information content (AvgIpc) is 2.75. The van der Waals surface area contributed by atoms with Gasteiger partial charge in [0.1, 0.15) is 5.82 Å². The van der Waals surface area contributed by atoms with Crippen molar-refractivity contribution in [2.24, 2.45) is 0 Å². The van der Waals surface area contributed by atoms with Crippen LogP contribution in [-0.2, 0) is 6.42 Å². The van der Waals surface area contributed by atoms with Gasteiger partial charge in [0, 0.05) is 15.9 Å². The summed E-state index contributed by atoms with van der Waals surface area (Å²) in [6.07, 6.45) is 0.757. The highest BCUT2D eigenvalue weighted by molar-refractivity contribution is 7.10. The minimum Gasteiger partial charge on any atom is -0.313 e. The van der Waals surface area contributed by atoms with Gasteiger partial charge in [-0.25, -0.2) is 4.39 Å². The second-order valence-corrected chi connectivity index (χ2v) is 5.74. The molecule has 1 aromatic heterocycles. The molecule has 0 spiro atoms. The largest absolute Gasteiger partial charge is 0.313 e. The van der Waals surface area contributed by atoms with E-state index in [4.69, 9.17) is 11.6 Å². The zero-order chi connectivity index (χ0) is 13.1. The number of rotatable bonds is 4. The lowest BCUT2D eigenvalue weighted by molar-refractivity contribution is 0.588. The van der Waals surface area contributed by atoms with Gasteiger partial charge in [-0.15, -0.1) is 11.3 Å². The lowest BCUT2D eigenvalue weighted by atomic mass is 9.99. The maximum Gasteiger partial charge on any atom is 0.124 e. The van der Waals surface area contributed by atoms with E-state index in [1.165, 1.54) is 22.6 Å². The van der Waals surface area contributed by atoms with Gasteiger partial charge in [0.25, 0.3) is 0 Å². The van der Waals surface area contributed by atoms with Gasteiger partial charge in [-0.2, -0.15) is 0 Å². The number of thiophene rings is 1. The maximum atomic E-state index is 13.0. The number of halogens is 2. The highest BCUT2D eigenvalue weighted by Gasteiger charge is 2.15. The minimum absolute atomic E-state index is 0.208. The van der Waals surface area contributed by atoms with Crippen molar-refractivity contribution in [2.75, 3.05) is 7.05 Å². The van der Waals surface area contributed by atoms with E-state index in [0.717, 1.165) is 12.0 Å². The van der Waals surface area contributed by atoms with Crippen LogP contribution in [0.3, 0.4) is 0 Å². The van der Waals surface area contributed by atoms with Crippen molar-refractivity contribution in [3.8, 4) is 0 Å². The molecule has 0 saturated heterocycles. The van der Waals surface area contributed by atoms with Crippen LogP contribution < -0.4 is 5.32 Å². The molecule has 2 rings (SSSR count). The van der Waals surface area contributed by atoms with Gasteiger partial charge in [0.2, 0.25) is 0 Å². The molecule has 1 heterocycles. The molecule has 0 fully saturated rings. The number of likely N-dealkylation sites (N-methyl/N-ethyl adjacent to an activating group) is 1. The van der Waals surface area contributed by atoms with Crippen LogP contribution in [0.4, 0.5) is 4.39 Å². The number of benzene rings is 1. The Morgan fingerprint density at radius 2 is 2.17 bits per heavy atom. The molecule has 1 N–H and O–H groups in total. The molecule has 1 atom stereocenters. The van der Waals surface area contributed by atoms with Crippen LogP contribution in [0.5, 0.6) is 0 Å². The third kappa shape index (κ3) is 2.91. The molecule has 1 nitrogen and oxygen atoms in total. The highest BCUT2D eigenvalue weighted by atomic mass is 35.5. The van der Waals surface area contributed by atoms with E-state index in [9.17, 15) is 4.39 Å². The Bertz CT molecular complexity index is 538. The monoisotopic (exact) mass is 283 g/mol. The van der Waals surface area contributed by atoms with Crippen molar-refractivity contribution < 1.29 is 4.39 Å². The smallest absolute Gasteiger partial charge is 0.124 e. The summed E-state index contributed by atoms with van der Waals surface area (Å²) >= 11 is 7.80. The van der Waals surface area contributed by atoms with Crippen molar-refractivity contribution >= 4 is 22.9 Å². The van der Waals surface area contributed by atoms with E-state index >= 15 is 0 Å². The van der Waals surface area contributed by atoms with Gasteiger partial charge < -0.3 is 5.32 Å².